The first-order valence-electron chi connectivity index (χ1n) is 9.60. The highest BCUT2D eigenvalue weighted by molar-refractivity contribution is 5.82. The molecule has 2 aromatic heterocycles. The van der Waals surface area contributed by atoms with E-state index < -0.39 is 0 Å². The monoisotopic (exact) mass is 384 g/mol. The number of aromatic nitrogens is 3. The zero-order valence-corrected chi connectivity index (χ0v) is 16.0. The van der Waals surface area contributed by atoms with Gasteiger partial charge in [0.15, 0.2) is 0 Å². The normalized spacial score (nSPS) is 13.4. The van der Waals surface area contributed by atoms with Gasteiger partial charge in [-0.3, -0.25) is 4.98 Å². The number of nitrogens with zero attached hydrogens (tertiary/aromatic N) is 4. The van der Waals surface area contributed by atoms with Crippen LogP contribution in [0.2, 0.25) is 0 Å². The van der Waals surface area contributed by atoms with Gasteiger partial charge in [-0.1, -0.05) is 12.1 Å². The summed E-state index contributed by atoms with van der Waals surface area (Å²) in [4.78, 5) is 14.5. The molecule has 1 saturated carbocycles. The molecule has 0 atom stereocenters. The molecule has 0 bridgehead atoms. The van der Waals surface area contributed by atoms with Gasteiger partial charge < -0.3 is 14.7 Å². The third-order valence-electron chi connectivity index (χ3n) is 5.22. The fraction of sp³-hybridized carbons (Fsp3) is 0.174. The average molecular weight is 384 g/mol. The number of hydrogen-bond donors (Lipinski definition) is 1. The molecule has 6 nitrogen and oxygen atoms in total. The fourth-order valence-corrected chi connectivity index (χ4v) is 3.37. The van der Waals surface area contributed by atoms with Gasteiger partial charge in [-0.2, -0.15) is 9.97 Å². The predicted octanol–water partition coefficient (Wildman–Crippen LogP) is 5.17. The van der Waals surface area contributed by atoms with Crippen LogP contribution in [-0.4, -0.2) is 27.1 Å². The van der Waals surface area contributed by atoms with Crippen LogP contribution in [0.25, 0.3) is 10.9 Å². The summed E-state index contributed by atoms with van der Waals surface area (Å²) in [6.45, 7) is 0. The molecule has 6 heteroatoms. The van der Waals surface area contributed by atoms with Crippen LogP contribution in [0.3, 0.4) is 0 Å². The maximum Gasteiger partial charge on any atom is 0.325 e. The Bertz CT molecular complexity index is 1160. The Kier molecular flexibility index (Phi) is 4.24. The molecule has 0 unspecified atom stereocenters. The maximum absolute atomic E-state index is 10.1. The van der Waals surface area contributed by atoms with E-state index in [0.717, 1.165) is 17.3 Å². The van der Waals surface area contributed by atoms with E-state index in [9.17, 15) is 5.11 Å². The SMILES string of the molecule is CN(c1ccc(Oc2nc(O)c3ccncc3n2)cc1)c1ccc(C2CC2)cc1. The molecule has 1 fully saturated rings. The highest BCUT2D eigenvalue weighted by Gasteiger charge is 2.23. The highest BCUT2D eigenvalue weighted by atomic mass is 16.5. The van der Waals surface area contributed by atoms with Crippen LogP contribution in [-0.2, 0) is 0 Å². The van der Waals surface area contributed by atoms with Crippen LogP contribution in [0.15, 0.2) is 67.0 Å². The first kappa shape index (κ1) is 17.4. The van der Waals surface area contributed by atoms with Crippen LogP contribution in [0.4, 0.5) is 11.4 Å². The summed E-state index contributed by atoms with van der Waals surface area (Å²) >= 11 is 0. The Morgan fingerprint density at radius 1 is 0.931 bits per heavy atom. The lowest BCUT2D eigenvalue weighted by Gasteiger charge is -2.20. The molecule has 0 radical (unpaired) electrons. The summed E-state index contributed by atoms with van der Waals surface area (Å²) in [6, 6.07) is 18.2. The number of benzene rings is 2. The Balaban J connectivity index is 1.33. The summed E-state index contributed by atoms with van der Waals surface area (Å²) in [5.74, 6) is 1.23. The van der Waals surface area contributed by atoms with Gasteiger partial charge in [0.2, 0.25) is 5.88 Å². The molecule has 1 aliphatic rings. The van der Waals surface area contributed by atoms with E-state index in [2.05, 4.69) is 44.1 Å². The van der Waals surface area contributed by atoms with E-state index >= 15 is 0 Å². The average Bonchev–Trinajstić information content (AvgIpc) is 3.60. The molecule has 1 N–H and O–H groups in total. The third-order valence-corrected chi connectivity index (χ3v) is 5.22. The van der Waals surface area contributed by atoms with Crippen molar-refractivity contribution in [2.75, 3.05) is 11.9 Å². The van der Waals surface area contributed by atoms with E-state index in [0.29, 0.717) is 16.7 Å². The Labute approximate surface area is 168 Å². The van der Waals surface area contributed by atoms with Gasteiger partial charge in [-0.25, -0.2) is 0 Å². The van der Waals surface area contributed by atoms with Crippen LogP contribution in [0, 0.1) is 0 Å². The van der Waals surface area contributed by atoms with Crippen LogP contribution in [0.5, 0.6) is 17.6 Å². The van der Waals surface area contributed by atoms with Crippen molar-refractivity contribution in [1.82, 2.24) is 15.0 Å². The first-order chi connectivity index (χ1) is 14.2. The summed E-state index contributed by atoms with van der Waals surface area (Å²) in [5, 5.41) is 10.6. The molecule has 0 aliphatic heterocycles. The van der Waals surface area contributed by atoms with Gasteiger partial charge in [0.05, 0.1) is 17.1 Å². The lowest BCUT2D eigenvalue weighted by Crippen LogP contribution is -2.09. The van der Waals surface area contributed by atoms with Crippen molar-refractivity contribution >= 4 is 22.3 Å². The molecule has 0 spiro atoms. The molecule has 2 aromatic carbocycles. The molecule has 2 heterocycles. The van der Waals surface area contributed by atoms with Crippen LogP contribution < -0.4 is 9.64 Å². The fourth-order valence-electron chi connectivity index (χ4n) is 3.37. The maximum atomic E-state index is 10.1. The number of pyridine rings is 1. The Morgan fingerprint density at radius 2 is 1.62 bits per heavy atom. The first-order valence-corrected chi connectivity index (χ1v) is 9.60. The van der Waals surface area contributed by atoms with E-state index in [1.807, 2.05) is 31.3 Å². The van der Waals surface area contributed by atoms with Crippen molar-refractivity contribution in [2.45, 2.75) is 18.8 Å². The third kappa shape index (κ3) is 3.57. The minimum atomic E-state index is -0.126. The lowest BCUT2D eigenvalue weighted by atomic mass is 10.1. The zero-order valence-electron chi connectivity index (χ0n) is 16.0. The number of hydrogen-bond acceptors (Lipinski definition) is 6. The van der Waals surface area contributed by atoms with Gasteiger partial charge in [-0.05, 0) is 66.8 Å². The standard InChI is InChI=1S/C23H20N4O2/c1-27(17-6-4-16(5-7-17)15-2-3-15)18-8-10-19(11-9-18)29-23-25-21-14-24-13-12-20(21)22(28)26-23/h4-15H,2-3H2,1H3,(H,25,26,28). The Morgan fingerprint density at radius 3 is 2.31 bits per heavy atom. The van der Waals surface area contributed by atoms with Crippen LogP contribution >= 0.6 is 0 Å². The van der Waals surface area contributed by atoms with E-state index in [-0.39, 0.29) is 11.9 Å². The van der Waals surface area contributed by atoms with Crippen molar-refractivity contribution in [3.05, 3.63) is 72.6 Å². The summed E-state index contributed by atoms with van der Waals surface area (Å²) in [7, 11) is 2.04. The van der Waals surface area contributed by atoms with E-state index in [1.165, 1.54) is 18.4 Å². The van der Waals surface area contributed by atoms with Gasteiger partial charge in [0.1, 0.15) is 5.75 Å². The molecule has 0 amide bonds. The smallest absolute Gasteiger partial charge is 0.325 e. The summed E-state index contributed by atoms with van der Waals surface area (Å²) in [5.41, 5.74) is 4.14. The minimum Gasteiger partial charge on any atom is -0.493 e. The predicted molar refractivity (Wildman–Crippen MR) is 112 cm³/mol. The van der Waals surface area contributed by atoms with Crippen molar-refractivity contribution in [1.29, 1.82) is 0 Å². The lowest BCUT2D eigenvalue weighted by molar-refractivity contribution is 0.412. The molecule has 0 saturated heterocycles. The number of rotatable bonds is 5. The van der Waals surface area contributed by atoms with Gasteiger partial charge in [0, 0.05) is 24.6 Å². The van der Waals surface area contributed by atoms with Crippen LogP contribution in [0.1, 0.15) is 24.3 Å². The molecule has 5 rings (SSSR count). The topological polar surface area (TPSA) is 71.4 Å². The van der Waals surface area contributed by atoms with Crippen molar-refractivity contribution in [3.8, 4) is 17.6 Å². The molecular weight excluding hydrogens is 364 g/mol. The number of ether oxygens (including phenoxy) is 1. The molecule has 1 aliphatic carbocycles. The molecule has 4 aromatic rings. The largest absolute Gasteiger partial charge is 0.493 e. The minimum absolute atomic E-state index is 0.0831. The second-order valence-corrected chi connectivity index (χ2v) is 7.24. The molecule has 144 valence electrons. The number of anilines is 2. The van der Waals surface area contributed by atoms with Crippen molar-refractivity contribution in [2.24, 2.45) is 0 Å². The van der Waals surface area contributed by atoms with E-state index in [1.54, 1.807) is 18.5 Å². The van der Waals surface area contributed by atoms with Gasteiger partial charge in [-0.15, -0.1) is 0 Å². The van der Waals surface area contributed by atoms with Gasteiger partial charge in [0.25, 0.3) is 0 Å². The van der Waals surface area contributed by atoms with E-state index in [4.69, 9.17) is 4.74 Å². The summed E-state index contributed by atoms with van der Waals surface area (Å²) in [6.07, 6.45) is 5.77. The number of aromatic hydroxyl groups is 1. The number of fused-ring (bicyclic) bond motifs is 1. The quantitative estimate of drug-likeness (QED) is 0.512. The second kappa shape index (κ2) is 7.05. The molecular formula is C23H20N4O2. The highest BCUT2D eigenvalue weighted by Crippen LogP contribution is 2.40. The van der Waals surface area contributed by atoms with Crippen molar-refractivity contribution < 1.29 is 9.84 Å². The zero-order chi connectivity index (χ0) is 19.8. The summed E-state index contributed by atoms with van der Waals surface area (Å²) < 4.78 is 5.73. The van der Waals surface area contributed by atoms with Gasteiger partial charge >= 0.3 is 6.01 Å². The molecule has 29 heavy (non-hydrogen) atoms. The Hall–Kier alpha value is -3.67. The van der Waals surface area contributed by atoms with Crippen molar-refractivity contribution in [3.63, 3.8) is 0 Å². The second-order valence-electron chi connectivity index (χ2n) is 7.24.